The van der Waals surface area contributed by atoms with Crippen LogP contribution in [0.3, 0.4) is 0 Å². The summed E-state index contributed by atoms with van der Waals surface area (Å²) in [5.41, 5.74) is 0.179. The minimum absolute atomic E-state index is 0.314. The van der Waals surface area contributed by atoms with E-state index in [1.54, 1.807) is 24.3 Å². The molecule has 0 spiro atoms. The Kier molecular flexibility index (Phi) is 3.50. The van der Waals surface area contributed by atoms with Crippen molar-refractivity contribution in [2.24, 2.45) is 0 Å². The van der Waals surface area contributed by atoms with Crippen LogP contribution in [-0.2, 0) is 6.18 Å². The summed E-state index contributed by atoms with van der Waals surface area (Å²) in [6.07, 6.45) is -4.52. The van der Waals surface area contributed by atoms with Gasteiger partial charge in [-0.15, -0.1) is 0 Å². The first-order valence-electron chi connectivity index (χ1n) is 5.29. The van der Waals surface area contributed by atoms with Crippen LogP contribution in [0.4, 0.5) is 13.2 Å². The number of nitriles is 1. The van der Waals surface area contributed by atoms with E-state index >= 15 is 0 Å². The van der Waals surface area contributed by atoms with Crippen molar-refractivity contribution in [3.05, 3.63) is 58.6 Å². The van der Waals surface area contributed by atoms with Crippen LogP contribution in [0.25, 0.3) is 11.1 Å². The highest BCUT2D eigenvalue weighted by atomic mass is 35.5. The SMILES string of the molecule is N#Cc1ccccc1-c1ccc(Cl)c(C(F)(F)F)c1. The average molecular weight is 282 g/mol. The van der Waals surface area contributed by atoms with Crippen LogP contribution in [-0.4, -0.2) is 0 Å². The highest BCUT2D eigenvalue weighted by molar-refractivity contribution is 6.31. The Labute approximate surface area is 112 Å². The first-order valence-corrected chi connectivity index (χ1v) is 5.67. The van der Waals surface area contributed by atoms with Crippen LogP contribution in [0.1, 0.15) is 11.1 Å². The molecule has 2 aromatic carbocycles. The molecule has 0 aliphatic rings. The smallest absolute Gasteiger partial charge is 0.192 e. The molecule has 0 aliphatic heterocycles. The fraction of sp³-hybridized carbons (Fsp3) is 0.0714. The number of hydrogen-bond acceptors (Lipinski definition) is 1. The van der Waals surface area contributed by atoms with Gasteiger partial charge >= 0.3 is 6.18 Å². The van der Waals surface area contributed by atoms with E-state index in [-0.39, 0.29) is 5.02 Å². The third kappa shape index (κ3) is 2.72. The zero-order chi connectivity index (χ0) is 14.0. The molecule has 0 saturated carbocycles. The summed E-state index contributed by atoms with van der Waals surface area (Å²) >= 11 is 5.56. The molecule has 0 amide bonds. The van der Waals surface area contributed by atoms with Gasteiger partial charge in [0.2, 0.25) is 0 Å². The van der Waals surface area contributed by atoms with Gasteiger partial charge in [0.05, 0.1) is 22.2 Å². The minimum atomic E-state index is -4.52. The number of alkyl halides is 3. The van der Waals surface area contributed by atoms with Crippen molar-refractivity contribution in [3.8, 4) is 17.2 Å². The molecule has 2 rings (SSSR count). The normalized spacial score (nSPS) is 11.1. The number of nitrogens with zero attached hydrogens (tertiary/aromatic N) is 1. The van der Waals surface area contributed by atoms with Crippen LogP contribution in [0.5, 0.6) is 0 Å². The van der Waals surface area contributed by atoms with Crippen molar-refractivity contribution in [1.29, 1.82) is 5.26 Å². The molecule has 5 heteroatoms. The molecule has 0 aliphatic carbocycles. The van der Waals surface area contributed by atoms with Crippen molar-refractivity contribution < 1.29 is 13.2 Å². The molecule has 0 bridgehead atoms. The Balaban J connectivity index is 2.62. The zero-order valence-corrected chi connectivity index (χ0v) is 10.3. The van der Waals surface area contributed by atoms with E-state index in [9.17, 15) is 13.2 Å². The molecule has 2 aromatic rings. The van der Waals surface area contributed by atoms with E-state index in [0.717, 1.165) is 6.07 Å². The van der Waals surface area contributed by atoms with Gasteiger partial charge in [-0.1, -0.05) is 35.9 Å². The van der Waals surface area contributed by atoms with Gasteiger partial charge in [0.1, 0.15) is 0 Å². The van der Waals surface area contributed by atoms with Crippen LogP contribution in [0.15, 0.2) is 42.5 Å². The highest BCUT2D eigenvalue weighted by Crippen LogP contribution is 2.37. The molecule has 0 unspecified atom stereocenters. The lowest BCUT2D eigenvalue weighted by molar-refractivity contribution is -0.137. The fourth-order valence-corrected chi connectivity index (χ4v) is 1.97. The van der Waals surface area contributed by atoms with Gasteiger partial charge < -0.3 is 0 Å². The predicted molar refractivity (Wildman–Crippen MR) is 66.6 cm³/mol. The van der Waals surface area contributed by atoms with E-state index < -0.39 is 11.7 Å². The first kappa shape index (κ1) is 13.4. The second-order valence-electron chi connectivity index (χ2n) is 3.85. The van der Waals surface area contributed by atoms with E-state index in [1.807, 2.05) is 6.07 Å². The second kappa shape index (κ2) is 4.94. The molecule has 96 valence electrons. The van der Waals surface area contributed by atoms with Crippen molar-refractivity contribution in [2.45, 2.75) is 6.18 Å². The molecule has 0 fully saturated rings. The van der Waals surface area contributed by atoms with E-state index in [0.29, 0.717) is 16.7 Å². The van der Waals surface area contributed by atoms with Crippen LogP contribution in [0.2, 0.25) is 5.02 Å². The maximum absolute atomic E-state index is 12.8. The monoisotopic (exact) mass is 281 g/mol. The zero-order valence-electron chi connectivity index (χ0n) is 9.50. The Bertz CT molecular complexity index is 656. The largest absolute Gasteiger partial charge is 0.417 e. The summed E-state index contributed by atoms with van der Waals surface area (Å²) in [5, 5.41) is 8.61. The fourth-order valence-electron chi connectivity index (χ4n) is 1.74. The predicted octanol–water partition coefficient (Wildman–Crippen LogP) is 4.90. The lowest BCUT2D eigenvalue weighted by atomic mass is 9.98. The molecule has 0 aromatic heterocycles. The lowest BCUT2D eigenvalue weighted by Gasteiger charge is -2.11. The Morgan fingerprint density at radius 1 is 1.05 bits per heavy atom. The number of benzene rings is 2. The Morgan fingerprint density at radius 2 is 1.74 bits per heavy atom. The molecule has 1 nitrogen and oxygen atoms in total. The van der Waals surface area contributed by atoms with Gasteiger partial charge in [-0.05, 0) is 29.3 Å². The van der Waals surface area contributed by atoms with Gasteiger partial charge in [0.25, 0.3) is 0 Å². The van der Waals surface area contributed by atoms with Crippen molar-refractivity contribution in [2.75, 3.05) is 0 Å². The third-order valence-electron chi connectivity index (χ3n) is 2.63. The Morgan fingerprint density at radius 3 is 2.37 bits per heavy atom. The summed E-state index contributed by atoms with van der Waals surface area (Å²) in [6, 6.07) is 12.0. The van der Waals surface area contributed by atoms with Crippen molar-refractivity contribution in [1.82, 2.24) is 0 Å². The highest BCUT2D eigenvalue weighted by Gasteiger charge is 2.33. The summed E-state index contributed by atoms with van der Waals surface area (Å²) in [5.74, 6) is 0. The van der Waals surface area contributed by atoms with Gasteiger partial charge in [-0.3, -0.25) is 0 Å². The van der Waals surface area contributed by atoms with E-state index in [1.165, 1.54) is 12.1 Å². The maximum atomic E-state index is 12.8. The van der Waals surface area contributed by atoms with Gasteiger partial charge in [-0.2, -0.15) is 18.4 Å². The molecule has 19 heavy (non-hydrogen) atoms. The van der Waals surface area contributed by atoms with Gasteiger partial charge in [-0.25, -0.2) is 0 Å². The average Bonchev–Trinajstić information content (AvgIpc) is 2.38. The number of halogens is 4. The van der Waals surface area contributed by atoms with Gasteiger partial charge in [0.15, 0.2) is 0 Å². The van der Waals surface area contributed by atoms with Crippen LogP contribution < -0.4 is 0 Å². The number of rotatable bonds is 1. The summed E-state index contributed by atoms with van der Waals surface area (Å²) in [4.78, 5) is 0. The molecule has 0 saturated heterocycles. The van der Waals surface area contributed by atoms with Crippen molar-refractivity contribution in [3.63, 3.8) is 0 Å². The maximum Gasteiger partial charge on any atom is 0.417 e. The van der Waals surface area contributed by atoms with Crippen LogP contribution >= 0.6 is 11.6 Å². The molecule has 0 radical (unpaired) electrons. The standard InChI is InChI=1S/C14H7ClF3N/c15-13-6-5-9(7-12(13)14(16,17)18)11-4-2-1-3-10(11)8-19/h1-7H. The third-order valence-corrected chi connectivity index (χ3v) is 2.96. The summed E-state index contributed by atoms with van der Waals surface area (Å²) < 4.78 is 38.3. The summed E-state index contributed by atoms with van der Waals surface area (Å²) in [6.45, 7) is 0. The Hall–Kier alpha value is -1.99. The first-order chi connectivity index (χ1) is 8.93. The lowest BCUT2D eigenvalue weighted by Crippen LogP contribution is -2.06. The number of hydrogen-bond donors (Lipinski definition) is 0. The molecule has 0 atom stereocenters. The van der Waals surface area contributed by atoms with Gasteiger partial charge in [0, 0.05) is 0 Å². The molecular weight excluding hydrogens is 275 g/mol. The van der Waals surface area contributed by atoms with Crippen molar-refractivity contribution >= 4 is 11.6 Å². The topological polar surface area (TPSA) is 23.8 Å². The molecule has 0 heterocycles. The summed E-state index contributed by atoms with van der Waals surface area (Å²) in [7, 11) is 0. The quantitative estimate of drug-likeness (QED) is 0.729. The molecular formula is C14H7ClF3N. The van der Waals surface area contributed by atoms with Crippen LogP contribution in [0, 0.1) is 11.3 Å². The second-order valence-corrected chi connectivity index (χ2v) is 4.26. The minimum Gasteiger partial charge on any atom is -0.192 e. The van der Waals surface area contributed by atoms with E-state index in [4.69, 9.17) is 16.9 Å². The van der Waals surface area contributed by atoms with E-state index in [2.05, 4.69) is 0 Å². The molecule has 0 N–H and O–H groups in total.